The zero-order valence-corrected chi connectivity index (χ0v) is 12.4. The van der Waals surface area contributed by atoms with E-state index in [1.165, 1.54) is 6.42 Å². The Labute approximate surface area is 107 Å². The summed E-state index contributed by atoms with van der Waals surface area (Å²) in [5.41, 5.74) is 0.420. The van der Waals surface area contributed by atoms with E-state index in [2.05, 4.69) is 64.3 Å². The van der Waals surface area contributed by atoms with Gasteiger partial charge in [-0.05, 0) is 60.3 Å². The zero-order chi connectivity index (χ0) is 13.1. The van der Waals surface area contributed by atoms with Gasteiger partial charge in [-0.3, -0.25) is 0 Å². The van der Waals surface area contributed by atoms with Gasteiger partial charge in [0, 0.05) is 23.7 Å². The maximum atomic E-state index is 3.75. The van der Waals surface area contributed by atoms with Crippen LogP contribution in [0.4, 0.5) is 0 Å². The average Bonchev–Trinajstić information content (AvgIpc) is 2.12. The van der Waals surface area contributed by atoms with Gasteiger partial charge < -0.3 is 10.6 Å². The minimum absolute atomic E-state index is 0.204. The van der Waals surface area contributed by atoms with Gasteiger partial charge in [-0.15, -0.1) is 0 Å². The van der Waals surface area contributed by atoms with Gasteiger partial charge in [0.2, 0.25) is 0 Å². The molecule has 0 fully saturated rings. The molecule has 17 heavy (non-hydrogen) atoms. The third kappa shape index (κ3) is 6.23. The Morgan fingerprint density at radius 3 is 2.06 bits per heavy atom. The first-order valence-corrected chi connectivity index (χ1v) is 6.85. The summed E-state index contributed by atoms with van der Waals surface area (Å²) in [6.07, 6.45) is 7.00. The fraction of sp³-hybridized carbons (Fsp3) is 0.867. The van der Waals surface area contributed by atoms with Crippen LogP contribution < -0.4 is 10.6 Å². The van der Waals surface area contributed by atoms with Gasteiger partial charge in [-0.2, -0.15) is 0 Å². The Balaban J connectivity index is 2.52. The predicted octanol–water partition coefficient (Wildman–Crippen LogP) is 3.10. The highest BCUT2D eigenvalue weighted by Gasteiger charge is 2.26. The Kier molecular flexibility index (Phi) is 4.79. The first kappa shape index (κ1) is 14.7. The molecule has 2 nitrogen and oxygen atoms in total. The third-order valence-electron chi connectivity index (χ3n) is 3.08. The second-order valence-corrected chi connectivity index (χ2v) is 7.33. The maximum Gasteiger partial charge on any atom is 0.0150 e. The van der Waals surface area contributed by atoms with Crippen LogP contribution in [0.2, 0.25) is 0 Å². The molecule has 0 spiro atoms. The summed E-state index contributed by atoms with van der Waals surface area (Å²) in [4.78, 5) is 0. The molecule has 0 saturated heterocycles. The normalized spacial score (nSPS) is 26.2. The van der Waals surface area contributed by atoms with E-state index in [0.29, 0.717) is 12.0 Å². The lowest BCUT2D eigenvalue weighted by molar-refractivity contribution is 0.251. The first-order valence-electron chi connectivity index (χ1n) is 6.85. The lowest BCUT2D eigenvalue weighted by Gasteiger charge is -2.36. The Morgan fingerprint density at radius 1 is 0.941 bits per heavy atom. The summed E-state index contributed by atoms with van der Waals surface area (Å²) in [5.74, 6) is 0.707. The van der Waals surface area contributed by atoms with Crippen molar-refractivity contribution in [3.05, 3.63) is 12.2 Å². The van der Waals surface area contributed by atoms with E-state index in [1.54, 1.807) is 0 Å². The van der Waals surface area contributed by atoms with Gasteiger partial charge in [-0.1, -0.05) is 12.2 Å². The molecule has 2 atom stereocenters. The summed E-state index contributed by atoms with van der Waals surface area (Å²) in [6.45, 7) is 14.5. The van der Waals surface area contributed by atoms with Crippen LogP contribution in [0.15, 0.2) is 12.2 Å². The van der Waals surface area contributed by atoms with Crippen LogP contribution in [0, 0.1) is 5.92 Å². The Bertz CT molecular complexity index is 255. The van der Waals surface area contributed by atoms with Gasteiger partial charge >= 0.3 is 0 Å². The fourth-order valence-corrected chi connectivity index (χ4v) is 2.27. The van der Waals surface area contributed by atoms with Crippen molar-refractivity contribution in [2.24, 2.45) is 5.92 Å². The molecule has 1 aliphatic carbocycles. The number of hydrogen-bond donors (Lipinski definition) is 2. The van der Waals surface area contributed by atoms with Crippen LogP contribution in [0.25, 0.3) is 0 Å². The van der Waals surface area contributed by atoms with Gasteiger partial charge in [0.1, 0.15) is 0 Å². The van der Waals surface area contributed by atoms with Gasteiger partial charge in [-0.25, -0.2) is 0 Å². The lowest BCUT2D eigenvalue weighted by Crippen LogP contribution is -2.51. The van der Waals surface area contributed by atoms with Crippen LogP contribution in [0.3, 0.4) is 0 Å². The summed E-state index contributed by atoms with van der Waals surface area (Å²) in [6, 6.07) is 0.606. The summed E-state index contributed by atoms with van der Waals surface area (Å²) in [7, 11) is 0. The maximum absolute atomic E-state index is 3.75. The molecule has 0 aliphatic heterocycles. The average molecular weight is 238 g/mol. The molecule has 0 amide bonds. The molecule has 0 radical (unpaired) electrons. The van der Waals surface area contributed by atoms with E-state index < -0.39 is 0 Å². The number of allylic oxidation sites excluding steroid dienone is 1. The van der Waals surface area contributed by atoms with Crippen LogP contribution in [0.1, 0.15) is 54.4 Å². The smallest absolute Gasteiger partial charge is 0.0150 e. The molecule has 0 heterocycles. The van der Waals surface area contributed by atoms with Gasteiger partial charge in [0.25, 0.3) is 0 Å². The van der Waals surface area contributed by atoms with E-state index in [1.807, 2.05) is 0 Å². The molecule has 0 aromatic rings. The van der Waals surface area contributed by atoms with Crippen molar-refractivity contribution in [1.82, 2.24) is 10.6 Å². The predicted molar refractivity (Wildman–Crippen MR) is 76.3 cm³/mol. The van der Waals surface area contributed by atoms with Gasteiger partial charge in [0.15, 0.2) is 0 Å². The Hall–Kier alpha value is -0.340. The first-order chi connectivity index (χ1) is 7.67. The summed E-state index contributed by atoms with van der Waals surface area (Å²) in [5, 5.41) is 7.39. The fourth-order valence-electron chi connectivity index (χ4n) is 2.27. The Morgan fingerprint density at radius 2 is 1.53 bits per heavy atom. The van der Waals surface area contributed by atoms with Crippen LogP contribution in [-0.4, -0.2) is 23.7 Å². The molecular weight excluding hydrogens is 208 g/mol. The van der Waals surface area contributed by atoms with Crippen LogP contribution in [0.5, 0.6) is 0 Å². The van der Waals surface area contributed by atoms with E-state index in [4.69, 9.17) is 0 Å². The number of nitrogens with one attached hydrogen (secondary N) is 2. The summed E-state index contributed by atoms with van der Waals surface area (Å²) >= 11 is 0. The number of rotatable bonds is 3. The van der Waals surface area contributed by atoms with Crippen molar-refractivity contribution in [3.8, 4) is 0 Å². The standard InChI is InChI=1S/C15H30N2/c1-14(2,3)16-11-12-9-7-8-10-13(12)17-15(4,5)6/h7-8,12-13,16-17H,9-11H2,1-6H3. The van der Waals surface area contributed by atoms with E-state index in [9.17, 15) is 0 Å². The highest BCUT2D eigenvalue weighted by molar-refractivity contribution is 5.00. The second-order valence-electron chi connectivity index (χ2n) is 7.33. The summed E-state index contributed by atoms with van der Waals surface area (Å²) < 4.78 is 0. The molecule has 100 valence electrons. The molecule has 0 bridgehead atoms. The third-order valence-corrected chi connectivity index (χ3v) is 3.08. The topological polar surface area (TPSA) is 24.1 Å². The van der Waals surface area contributed by atoms with Gasteiger partial charge in [0.05, 0.1) is 0 Å². The quantitative estimate of drug-likeness (QED) is 0.738. The molecule has 2 heteroatoms. The number of hydrogen-bond acceptors (Lipinski definition) is 2. The van der Waals surface area contributed by atoms with Crippen molar-refractivity contribution >= 4 is 0 Å². The molecule has 0 saturated carbocycles. The molecular formula is C15H30N2. The molecule has 1 aliphatic rings. The highest BCUT2D eigenvalue weighted by atomic mass is 15.0. The molecule has 2 unspecified atom stereocenters. The molecule has 0 aromatic heterocycles. The molecule has 1 rings (SSSR count). The molecule has 2 N–H and O–H groups in total. The van der Waals surface area contributed by atoms with E-state index in [0.717, 1.165) is 13.0 Å². The van der Waals surface area contributed by atoms with Crippen molar-refractivity contribution in [3.63, 3.8) is 0 Å². The zero-order valence-electron chi connectivity index (χ0n) is 12.4. The van der Waals surface area contributed by atoms with E-state index in [-0.39, 0.29) is 11.1 Å². The highest BCUT2D eigenvalue weighted by Crippen LogP contribution is 2.21. The van der Waals surface area contributed by atoms with Crippen LogP contribution in [-0.2, 0) is 0 Å². The van der Waals surface area contributed by atoms with Crippen LogP contribution >= 0.6 is 0 Å². The van der Waals surface area contributed by atoms with Crippen molar-refractivity contribution < 1.29 is 0 Å². The minimum atomic E-state index is 0.204. The minimum Gasteiger partial charge on any atom is -0.312 e. The van der Waals surface area contributed by atoms with Crippen molar-refractivity contribution in [1.29, 1.82) is 0 Å². The van der Waals surface area contributed by atoms with Crippen molar-refractivity contribution in [2.45, 2.75) is 71.5 Å². The largest absolute Gasteiger partial charge is 0.312 e. The monoisotopic (exact) mass is 238 g/mol. The second kappa shape index (κ2) is 5.53. The van der Waals surface area contributed by atoms with Crippen molar-refractivity contribution in [2.75, 3.05) is 6.54 Å². The van der Waals surface area contributed by atoms with E-state index >= 15 is 0 Å². The SMILES string of the molecule is CC(C)(C)NCC1CC=CCC1NC(C)(C)C. The molecule has 0 aromatic carbocycles. The lowest BCUT2D eigenvalue weighted by atomic mass is 9.86.